The molecule has 1 N–H and O–H groups in total. The molecular formula is C19H21NO4S. The van der Waals surface area contributed by atoms with Crippen LogP contribution in [0.4, 0.5) is 5.69 Å². The minimum Gasteiger partial charge on any atom is -0.481 e. The SMILES string of the molecule is CC1(C(=O)O)CCN(S(=O)(=O)Cc2ccccc2)c2ccccc2C1. The maximum atomic E-state index is 13.0. The van der Waals surface area contributed by atoms with Gasteiger partial charge in [-0.3, -0.25) is 9.10 Å². The average molecular weight is 359 g/mol. The molecule has 0 radical (unpaired) electrons. The number of rotatable bonds is 4. The molecule has 6 heteroatoms. The zero-order chi connectivity index (χ0) is 18.1. The maximum absolute atomic E-state index is 13.0. The highest BCUT2D eigenvalue weighted by Crippen LogP contribution is 2.37. The van der Waals surface area contributed by atoms with Gasteiger partial charge in [0.15, 0.2) is 0 Å². The maximum Gasteiger partial charge on any atom is 0.309 e. The second kappa shape index (κ2) is 6.52. The van der Waals surface area contributed by atoms with Crippen LogP contribution in [0.3, 0.4) is 0 Å². The zero-order valence-electron chi connectivity index (χ0n) is 14.1. The van der Waals surface area contributed by atoms with Gasteiger partial charge in [0.2, 0.25) is 10.0 Å². The molecule has 1 unspecified atom stereocenters. The van der Waals surface area contributed by atoms with Gasteiger partial charge in [-0.25, -0.2) is 8.42 Å². The molecule has 25 heavy (non-hydrogen) atoms. The van der Waals surface area contributed by atoms with E-state index in [2.05, 4.69) is 0 Å². The van der Waals surface area contributed by atoms with E-state index in [9.17, 15) is 18.3 Å². The topological polar surface area (TPSA) is 74.7 Å². The molecule has 0 spiro atoms. The number of carbonyl (C=O) groups is 1. The van der Waals surface area contributed by atoms with Gasteiger partial charge in [-0.05, 0) is 37.0 Å². The van der Waals surface area contributed by atoms with Crippen LogP contribution in [0, 0.1) is 5.41 Å². The lowest BCUT2D eigenvalue weighted by Crippen LogP contribution is -2.36. The summed E-state index contributed by atoms with van der Waals surface area (Å²) in [5.74, 6) is -1.00. The first-order chi connectivity index (χ1) is 11.8. The highest BCUT2D eigenvalue weighted by atomic mass is 32.2. The molecule has 1 atom stereocenters. The molecule has 1 aliphatic rings. The number of nitrogens with zero attached hydrogens (tertiary/aromatic N) is 1. The monoisotopic (exact) mass is 359 g/mol. The molecular weight excluding hydrogens is 338 g/mol. The van der Waals surface area contributed by atoms with Gasteiger partial charge in [-0.15, -0.1) is 0 Å². The predicted octanol–water partition coefficient (Wildman–Crippen LogP) is 3.06. The van der Waals surface area contributed by atoms with Crippen LogP contribution < -0.4 is 4.31 Å². The van der Waals surface area contributed by atoms with E-state index in [1.165, 1.54) is 4.31 Å². The summed E-state index contributed by atoms with van der Waals surface area (Å²) in [5, 5.41) is 9.60. The van der Waals surface area contributed by atoms with E-state index in [0.717, 1.165) is 5.56 Å². The van der Waals surface area contributed by atoms with Gasteiger partial charge in [0.25, 0.3) is 0 Å². The second-order valence-electron chi connectivity index (χ2n) is 6.74. The molecule has 0 aliphatic carbocycles. The van der Waals surface area contributed by atoms with Gasteiger partial charge in [0.1, 0.15) is 0 Å². The van der Waals surface area contributed by atoms with E-state index in [1.54, 1.807) is 31.2 Å². The lowest BCUT2D eigenvalue weighted by Gasteiger charge is -2.25. The van der Waals surface area contributed by atoms with Crippen molar-refractivity contribution >= 4 is 21.7 Å². The molecule has 2 aromatic rings. The van der Waals surface area contributed by atoms with Crippen LogP contribution in [0.25, 0.3) is 0 Å². The quantitative estimate of drug-likeness (QED) is 0.910. The normalized spacial score (nSPS) is 20.6. The van der Waals surface area contributed by atoms with E-state index < -0.39 is 21.4 Å². The molecule has 2 aromatic carbocycles. The fraction of sp³-hybridized carbons (Fsp3) is 0.316. The van der Waals surface area contributed by atoms with Crippen molar-refractivity contribution in [1.29, 1.82) is 0 Å². The number of carboxylic acid groups (broad SMARTS) is 1. The van der Waals surface area contributed by atoms with Crippen LogP contribution in [0.15, 0.2) is 54.6 Å². The third-order valence-corrected chi connectivity index (χ3v) is 6.50. The molecule has 1 heterocycles. The number of hydrogen-bond donors (Lipinski definition) is 1. The fourth-order valence-electron chi connectivity index (χ4n) is 3.22. The van der Waals surface area contributed by atoms with Gasteiger partial charge in [-0.1, -0.05) is 48.5 Å². The Hall–Kier alpha value is -2.34. The first kappa shape index (κ1) is 17.5. The van der Waals surface area contributed by atoms with Gasteiger partial charge in [0, 0.05) is 6.54 Å². The molecule has 5 nitrogen and oxygen atoms in total. The summed E-state index contributed by atoms with van der Waals surface area (Å²) in [5.41, 5.74) is 1.07. The largest absolute Gasteiger partial charge is 0.481 e. The Labute approximate surface area is 148 Å². The summed E-state index contributed by atoms with van der Waals surface area (Å²) >= 11 is 0. The number of sulfonamides is 1. The third kappa shape index (κ3) is 3.54. The summed E-state index contributed by atoms with van der Waals surface area (Å²) in [6.07, 6.45) is 0.584. The van der Waals surface area contributed by atoms with Crippen molar-refractivity contribution < 1.29 is 18.3 Å². The second-order valence-corrected chi connectivity index (χ2v) is 8.63. The number of fused-ring (bicyclic) bond motifs is 1. The molecule has 0 amide bonds. The molecule has 3 rings (SSSR count). The Morgan fingerprint density at radius 1 is 1.12 bits per heavy atom. The number of carboxylic acids is 1. The third-order valence-electron chi connectivity index (χ3n) is 4.75. The van der Waals surface area contributed by atoms with Crippen molar-refractivity contribution in [1.82, 2.24) is 0 Å². The Kier molecular flexibility index (Phi) is 4.56. The van der Waals surface area contributed by atoms with Crippen LogP contribution >= 0.6 is 0 Å². The van der Waals surface area contributed by atoms with Crippen molar-refractivity contribution in [2.24, 2.45) is 5.41 Å². The van der Waals surface area contributed by atoms with Crippen molar-refractivity contribution in [2.45, 2.75) is 25.5 Å². The molecule has 0 bridgehead atoms. The Morgan fingerprint density at radius 3 is 2.44 bits per heavy atom. The van der Waals surface area contributed by atoms with E-state index >= 15 is 0 Å². The average Bonchev–Trinajstić information content (AvgIpc) is 2.72. The van der Waals surface area contributed by atoms with Crippen LogP contribution in [0.2, 0.25) is 0 Å². The number of anilines is 1. The van der Waals surface area contributed by atoms with E-state index in [1.807, 2.05) is 30.3 Å². The van der Waals surface area contributed by atoms with Crippen molar-refractivity contribution in [3.05, 3.63) is 65.7 Å². The highest BCUT2D eigenvalue weighted by molar-refractivity contribution is 7.92. The molecule has 0 saturated heterocycles. The van der Waals surface area contributed by atoms with E-state index in [4.69, 9.17) is 0 Å². The minimum atomic E-state index is -3.61. The van der Waals surface area contributed by atoms with Crippen molar-refractivity contribution in [3.8, 4) is 0 Å². The lowest BCUT2D eigenvalue weighted by molar-refractivity contribution is -0.148. The Bertz CT molecular complexity index is 879. The number of aliphatic carboxylic acids is 1. The number of benzene rings is 2. The first-order valence-electron chi connectivity index (χ1n) is 8.17. The summed E-state index contributed by atoms with van der Waals surface area (Å²) in [4.78, 5) is 11.7. The van der Waals surface area contributed by atoms with Crippen LogP contribution in [0.5, 0.6) is 0 Å². The van der Waals surface area contributed by atoms with E-state index in [0.29, 0.717) is 17.7 Å². The molecule has 0 fully saturated rings. The summed E-state index contributed by atoms with van der Waals surface area (Å²) in [7, 11) is -3.61. The van der Waals surface area contributed by atoms with Crippen LogP contribution in [-0.4, -0.2) is 26.0 Å². The zero-order valence-corrected chi connectivity index (χ0v) is 14.9. The van der Waals surface area contributed by atoms with Gasteiger partial charge in [0.05, 0.1) is 16.9 Å². The van der Waals surface area contributed by atoms with Crippen LogP contribution in [-0.2, 0) is 27.0 Å². The van der Waals surface area contributed by atoms with Crippen molar-refractivity contribution in [3.63, 3.8) is 0 Å². The number of para-hydroxylation sites is 1. The Balaban J connectivity index is 2.00. The highest BCUT2D eigenvalue weighted by Gasteiger charge is 2.39. The standard InChI is InChI=1S/C19H21NO4S/c1-19(18(21)22)11-12-20(17-10-6-5-9-16(17)13-19)25(23,24)14-15-7-3-2-4-8-15/h2-10H,11-14H2,1H3,(H,21,22). The first-order valence-corrected chi connectivity index (χ1v) is 9.78. The molecule has 132 valence electrons. The summed E-state index contributed by atoms with van der Waals surface area (Å²) in [6, 6.07) is 16.2. The predicted molar refractivity (Wildman–Crippen MR) is 96.9 cm³/mol. The van der Waals surface area contributed by atoms with E-state index in [-0.39, 0.29) is 18.7 Å². The smallest absolute Gasteiger partial charge is 0.309 e. The van der Waals surface area contributed by atoms with Gasteiger partial charge < -0.3 is 5.11 Å². The summed E-state index contributed by atoms with van der Waals surface area (Å²) < 4.78 is 27.4. The lowest BCUT2D eigenvalue weighted by atomic mass is 9.81. The molecule has 0 saturated carbocycles. The van der Waals surface area contributed by atoms with Gasteiger partial charge in [-0.2, -0.15) is 0 Å². The molecule has 1 aliphatic heterocycles. The molecule has 0 aromatic heterocycles. The minimum absolute atomic E-state index is 0.105. The Morgan fingerprint density at radius 2 is 1.76 bits per heavy atom. The number of hydrogen-bond acceptors (Lipinski definition) is 3. The van der Waals surface area contributed by atoms with Crippen LogP contribution in [0.1, 0.15) is 24.5 Å². The van der Waals surface area contributed by atoms with Gasteiger partial charge >= 0.3 is 5.97 Å². The summed E-state index contributed by atoms with van der Waals surface area (Å²) in [6.45, 7) is 1.84. The van der Waals surface area contributed by atoms with Crippen molar-refractivity contribution in [2.75, 3.05) is 10.8 Å². The fourth-order valence-corrected chi connectivity index (χ4v) is 4.83.